The van der Waals surface area contributed by atoms with Crippen molar-refractivity contribution in [3.63, 3.8) is 0 Å². The molecule has 1 amide bonds. The summed E-state index contributed by atoms with van der Waals surface area (Å²) in [5, 5.41) is 13.3. The fraction of sp³-hybridized carbons (Fsp3) is 0.0952. The number of pyridine rings is 1. The SMILES string of the molecule is O=C(NCCc1ccccc1O)c1ccnc2nc(-c3ccc(Cl)cc3)[nH]c12. The highest BCUT2D eigenvalue weighted by Gasteiger charge is 2.15. The molecule has 2 heterocycles. The largest absolute Gasteiger partial charge is 0.508 e. The van der Waals surface area contributed by atoms with Crippen LogP contribution in [-0.2, 0) is 6.42 Å². The lowest BCUT2D eigenvalue weighted by Crippen LogP contribution is -2.26. The van der Waals surface area contributed by atoms with Crippen molar-refractivity contribution in [1.82, 2.24) is 20.3 Å². The Labute approximate surface area is 166 Å². The van der Waals surface area contributed by atoms with E-state index in [9.17, 15) is 9.90 Å². The molecule has 0 fully saturated rings. The van der Waals surface area contributed by atoms with Gasteiger partial charge < -0.3 is 15.4 Å². The van der Waals surface area contributed by atoms with Crippen LogP contribution in [0.3, 0.4) is 0 Å². The molecule has 0 aliphatic carbocycles. The number of aromatic nitrogens is 3. The first-order valence-corrected chi connectivity index (χ1v) is 9.15. The highest BCUT2D eigenvalue weighted by atomic mass is 35.5. The van der Waals surface area contributed by atoms with E-state index in [2.05, 4.69) is 20.3 Å². The first-order valence-electron chi connectivity index (χ1n) is 8.77. The molecule has 4 rings (SSSR count). The van der Waals surface area contributed by atoms with E-state index in [4.69, 9.17) is 11.6 Å². The number of para-hydroxylation sites is 1. The van der Waals surface area contributed by atoms with Crippen LogP contribution in [0.25, 0.3) is 22.6 Å². The number of phenols is 1. The molecule has 0 aliphatic rings. The highest BCUT2D eigenvalue weighted by Crippen LogP contribution is 2.23. The topological polar surface area (TPSA) is 90.9 Å². The Balaban J connectivity index is 1.54. The van der Waals surface area contributed by atoms with Crippen LogP contribution < -0.4 is 5.32 Å². The molecule has 0 atom stereocenters. The van der Waals surface area contributed by atoms with Crippen molar-refractivity contribution >= 4 is 28.7 Å². The van der Waals surface area contributed by atoms with Gasteiger partial charge in [0, 0.05) is 23.3 Å². The van der Waals surface area contributed by atoms with Gasteiger partial charge in [-0.05, 0) is 48.4 Å². The van der Waals surface area contributed by atoms with Gasteiger partial charge in [-0.2, -0.15) is 0 Å². The Morgan fingerprint density at radius 1 is 1.11 bits per heavy atom. The van der Waals surface area contributed by atoms with Gasteiger partial charge >= 0.3 is 0 Å². The van der Waals surface area contributed by atoms with Gasteiger partial charge in [-0.15, -0.1) is 0 Å². The number of hydrogen-bond donors (Lipinski definition) is 3. The van der Waals surface area contributed by atoms with E-state index in [1.165, 1.54) is 0 Å². The minimum absolute atomic E-state index is 0.226. The lowest BCUT2D eigenvalue weighted by Gasteiger charge is -2.07. The zero-order valence-electron chi connectivity index (χ0n) is 14.8. The summed E-state index contributed by atoms with van der Waals surface area (Å²) in [5.41, 5.74) is 3.16. The van der Waals surface area contributed by atoms with Gasteiger partial charge in [0.15, 0.2) is 5.65 Å². The average molecular weight is 393 g/mol. The van der Waals surface area contributed by atoms with E-state index < -0.39 is 0 Å². The van der Waals surface area contributed by atoms with E-state index in [1.807, 2.05) is 24.3 Å². The van der Waals surface area contributed by atoms with Gasteiger partial charge in [-0.25, -0.2) is 9.97 Å². The Morgan fingerprint density at radius 2 is 1.89 bits per heavy atom. The van der Waals surface area contributed by atoms with Crippen LogP contribution in [0.5, 0.6) is 5.75 Å². The number of carbonyl (C=O) groups is 1. The number of fused-ring (bicyclic) bond motifs is 1. The second-order valence-corrected chi connectivity index (χ2v) is 6.72. The summed E-state index contributed by atoms with van der Waals surface area (Å²) in [6, 6.07) is 16.0. The van der Waals surface area contributed by atoms with E-state index in [0.29, 0.717) is 40.5 Å². The van der Waals surface area contributed by atoms with Crippen molar-refractivity contribution in [1.29, 1.82) is 0 Å². The van der Waals surface area contributed by atoms with Crippen LogP contribution in [0.4, 0.5) is 0 Å². The van der Waals surface area contributed by atoms with Gasteiger partial charge in [-0.3, -0.25) is 4.79 Å². The van der Waals surface area contributed by atoms with Crippen molar-refractivity contribution in [3.8, 4) is 17.1 Å². The maximum Gasteiger partial charge on any atom is 0.253 e. The molecule has 0 bridgehead atoms. The fourth-order valence-electron chi connectivity index (χ4n) is 2.97. The second-order valence-electron chi connectivity index (χ2n) is 6.28. The number of carbonyl (C=O) groups excluding carboxylic acids is 1. The molecule has 28 heavy (non-hydrogen) atoms. The number of phenolic OH excluding ortho intramolecular Hbond substituents is 1. The predicted molar refractivity (Wildman–Crippen MR) is 108 cm³/mol. The number of nitrogens with zero attached hydrogens (tertiary/aromatic N) is 2. The smallest absolute Gasteiger partial charge is 0.253 e. The number of hydrogen-bond acceptors (Lipinski definition) is 4. The molecular weight excluding hydrogens is 376 g/mol. The van der Waals surface area contributed by atoms with E-state index in [1.54, 1.807) is 36.5 Å². The van der Waals surface area contributed by atoms with Crippen molar-refractivity contribution < 1.29 is 9.90 Å². The van der Waals surface area contributed by atoms with Gasteiger partial charge in [0.1, 0.15) is 11.6 Å². The minimum Gasteiger partial charge on any atom is -0.508 e. The van der Waals surface area contributed by atoms with Crippen LogP contribution in [0.1, 0.15) is 15.9 Å². The lowest BCUT2D eigenvalue weighted by molar-refractivity contribution is 0.0955. The third kappa shape index (κ3) is 3.68. The van der Waals surface area contributed by atoms with Crippen LogP contribution in [0.2, 0.25) is 5.02 Å². The normalized spacial score (nSPS) is 10.9. The van der Waals surface area contributed by atoms with Gasteiger partial charge in [0.05, 0.1) is 11.1 Å². The van der Waals surface area contributed by atoms with Crippen LogP contribution in [0, 0.1) is 0 Å². The molecule has 2 aromatic heterocycles. The zero-order chi connectivity index (χ0) is 19.5. The average Bonchev–Trinajstić information content (AvgIpc) is 3.14. The molecule has 4 aromatic rings. The molecule has 6 nitrogen and oxygen atoms in total. The molecule has 0 saturated carbocycles. The summed E-state index contributed by atoms with van der Waals surface area (Å²) in [4.78, 5) is 24.6. The molecule has 7 heteroatoms. The molecule has 140 valence electrons. The summed E-state index contributed by atoms with van der Waals surface area (Å²) in [6.45, 7) is 0.401. The number of amides is 1. The van der Waals surface area contributed by atoms with E-state index in [0.717, 1.165) is 11.1 Å². The Bertz CT molecular complexity index is 1140. The van der Waals surface area contributed by atoms with Crippen LogP contribution in [0.15, 0.2) is 60.8 Å². The summed E-state index contributed by atoms with van der Waals surface area (Å²) < 4.78 is 0. The Hall–Kier alpha value is -3.38. The molecule has 0 saturated heterocycles. The fourth-order valence-corrected chi connectivity index (χ4v) is 3.10. The molecule has 0 radical (unpaired) electrons. The number of rotatable bonds is 5. The number of imidazole rings is 1. The van der Waals surface area contributed by atoms with Crippen molar-refractivity contribution in [3.05, 3.63) is 76.9 Å². The molecule has 0 unspecified atom stereocenters. The maximum atomic E-state index is 12.7. The van der Waals surface area contributed by atoms with Crippen LogP contribution >= 0.6 is 11.6 Å². The van der Waals surface area contributed by atoms with E-state index >= 15 is 0 Å². The second kappa shape index (κ2) is 7.70. The number of aromatic hydroxyl groups is 1. The summed E-state index contributed by atoms with van der Waals surface area (Å²) >= 11 is 5.94. The molecular formula is C21H17ClN4O2. The number of nitrogens with one attached hydrogen (secondary N) is 2. The summed E-state index contributed by atoms with van der Waals surface area (Å²) in [5.74, 6) is 0.618. The van der Waals surface area contributed by atoms with Crippen LogP contribution in [-0.4, -0.2) is 32.5 Å². The molecule has 3 N–H and O–H groups in total. The maximum absolute atomic E-state index is 12.7. The van der Waals surface area contributed by atoms with Crippen molar-refractivity contribution in [2.75, 3.05) is 6.54 Å². The Kier molecular flexibility index (Phi) is 4.95. The predicted octanol–water partition coefficient (Wildman–Crippen LogP) is 3.96. The standard InChI is InChI=1S/C21H17ClN4O2/c22-15-7-5-14(6-8-15)19-25-18-16(10-12-23-20(18)26-19)21(28)24-11-9-13-3-1-2-4-17(13)27/h1-8,10,12,27H,9,11H2,(H,24,28)(H,23,25,26). The number of aromatic amines is 1. The zero-order valence-corrected chi connectivity index (χ0v) is 15.6. The van der Waals surface area contributed by atoms with E-state index in [-0.39, 0.29) is 11.7 Å². The summed E-state index contributed by atoms with van der Waals surface area (Å²) in [6.07, 6.45) is 2.10. The number of H-pyrrole nitrogens is 1. The molecule has 2 aromatic carbocycles. The lowest BCUT2D eigenvalue weighted by atomic mass is 10.1. The summed E-state index contributed by atoms with van der Waals surface area (Å²) in [7, 11) is 0. The first-order chi connectivity index (χ1) is 13.6. The third-order valence-electron chi connectivity index (χ3n) is 4.43. The van der Waals surface area contributed by atoms with Crippen molar-refractivity contribution in [2.24, 2.45) is 0 Å². The number of benzene rings is 2. The first kappa shape index (κ1) is 18.0. The van der Waals surface area contributed by atoms with Crippen molar-refractivity contribution in [2.45, 2.75) is 6.42 Å². The third-order valence-corrected chi connectivity index (χ3v) is 4.68. The minimum atomic E-state index is -0.228. The van der Waals surface area contributed by atoms with Gasteiger partial charge in [0.25, 0.3) is 5.91 Å². The van der Waals surface area contributed by atoms with Gasteiger partial charge in [-0.1, -0.05) is 29.8 Å². The highest BCUT2D eigenvalue weighted by molar-refractivity contribution is 6.30. The number of halogens is 1. The monoisotopic (exact) mass is 392 g/mol. The van der Waals surface area contributed by atoms with Gasteiger partial charge in [0.2, 0.25) is 0 Å². The quantitative estimate of drug-likeness (QED) is 0.479. The molecule has 0 aliphatic heterocycles. The molecule has 0 spiro atoms. The Morgan fingerprint density at radius 3 is 2.68 bits per heavy atom.